The number of hydrogen-bond donors (Lipinski definition) is 1. The van der Waals surface area contributed by atoms with E-state index in [0.29, 0.717) is 29.3 Å². The molecule has 0 atom stereocenters. The minimum Gasteiger partial charge on any atom is -0.289 e. The van der Waals surface area contributed by atoms with Gasteiger partial charge in [-0.1, -0.05) is 6.92 Å². The van der Waals surface area contributed by atoms with Gasteiger partial charge in [-0.25, -0.2) is 23.1 Å². The molecule has 164 valence electrons. The van der Waals surface area contributed by atoms with E-state index in [9.17, 15) is 18.0 Å². The molecule has 2 heterocycles. The second-order valence-corrected chi connectivity index (χ2v) is 7.04. The Morgan fingerprint density at radius 3 is 2.66 bits per heavy atom. The average Bonchev–Trinajstić information content (AvgIpc) is 3.23. The van der Waals surface area contributed by atoms with Crippen LogP contribution in [-0.4, -0.2) is 31.9 Å². The summed E-state index contributed by atoms with van der Waals surface area (Å²) in [7, 11) is 0. The van der Waals surface area contributed by atoms with Gasteiger partial charge in [-0.2, -0.15) is 0 Å². The summed E-state index contributed by atoms with van der Waals surface area (Å²) < 4.78 is 45.0. The van der Waals surface area contributed by atoms with Crippen LogP contribution in [0, 0.1) is 24.4 Å². The van der Waals surface area contributed by atoms with Gasteiger partial charge in [-0.3, -0.25) is 24.7 Å². The fourth-order valence-electron chi connectivity index (χ4n) is 3.07. The number of anilines is 1. The smallest absolute Gasteiger partial charge is 0.199 e. The first kappa shape index (κ1) is 21.4. The van der Waals surface area contributed by atoms with Gasteiger partial charge in [-0.05, 0) is 31.5 Å². The number of aryl methyl sites for hydroxylation is 1. The lowest BCUT2D eigenvalue weighted by Gasteiger charge is -2.12. The average molecular weight is 441 g/mol. The third kappa shape index (κ3) is 4.04. The number of hydrogen-bond acceptors (Lipinski definition) is 6. The van der Waals surface area contributed by atoms with E-state index in [2.05, 4.69) is 20.4 Å². The number of benzene rings is 2. The molecule has 7 nitrogen and oxygen atoms in total. The fraction of sp³-hybridized carbons (Fsp3) is 0.182. The van der Waals surface area contributed by atoms with Gasteiger partial charge in [-0.15, -0.1) is 0 Å². The van der Waals surface area contributed by atoms with Crippen LogP contribution in [0.3, 0.4) is 0 Å². The van der Waals surface area contributed by atoms with Crippen LogP contribution < -0.4 is 5.48 Å². The Kier molecular flexibility index (Phi) is 5.87. The van der Waals surface area contributed by atoms with Crippen LogP contribution in [0.5, 0.6) is 0 Å². The molecular formula is C22H18F3N5O2. The molecule has 0 bridgehead atoms. The van der Waals surface area contributed by atoms with Gasteiger partial charge < -0.3 is 0 Å². The number of rotatable bonds is 7. The van der Waals surface area contributed by atoms with E-state index in [0.717, 1.165) is 5.69 Å². The summed E-state index contributed by atoms with van der Waals surface area (Å²) in [6, 6.07) is 4.80. The van der Waals surface area contributed by atoms with Crippen molar-refractivity contribution >= 4 is 22.5 Å². The van der Waals surface area contributed by atoms with Crippen molar-refractivity contribution in [2.45, 2.75) is 20.3 Å². The Labute approximate surface area is 180 Å². The maximum Gasteiger partial charge on any atom is 0.199 e. The zero-order valence-electron chi connectivity index (χ0n) is 17.2. The monoisotopic (exact) mass is 441 g/mol. The molecule has 4 aromatic rings. The normalized spacial score (nSPS) is 11.2. The first-order valence-electron chi connectivity index (χ1n) is 9.76. The summed E-state index contributed by atoms with van der Waals surface area (Å²) in [5.74, 6) is -4.80. The zero-order valence-corrected chi connectivity index (χ0v) is 17.2. The van der Waals surface area contributed by atoms with Crippen LogP contribution in [0.2, 0.25) is 0 Å². The number of carbonyl (C=O) groups excluding carboxylic acids is 1. The number of carbonyl (C=O) groups is 1. The lowest BCUT2D eigenvalue weighted by molar-refractivity contribution is 0.103. The highest BCUT2D eigenvalue weighted by Gasteiger charge is 2.26. The summed E-state index contributed by atoms with van der Waals surface area (Å²) in [5.41, 5.74) is 2.22. The Bertz CT molecular complexity index is 1320. The number of aromatic nitrogens is 4. The zero-order chi connectivity index (χ0) is 22.8. The van der Waals surface area contributed by atoms with E-state index in [4.69, 9.17) is 4.84 Å². The van der Waals surface area contributed by atoms with Crippen molar-refractivity contribution in [3.63, 3.8) is 0 Å². The maximum absolute atomic E-state index is 14.9. The number of ketones is 1. The number of nitrogens with zero attached hydrogens (tertiary/aromatic N) is 4. The molecule has 0 amide bonds. The maximum atomic E-state index is 14.9. The van der Waals surface area contributed by atoms with Crippen molar-refractivity contribution in [3.8, 4) is 5.82 Å². The van der Waals surface area contributed by atoms with E-state index in [1.807, 2.05) is 13.8 Å². The third-order valence-electron chi connectivity index (χ3n) is 4.64. The minimum atomic E-state index is -1.58. The Balaban J connectivity index is 1.74. The van der Waals surface area contributed by atoms with E-state index >= 15 is 0 Å². The van der Waals surface area contributed by atoms with E-state index < -0.39 is 34.5 Å². The number of imidazole rings is 1. The number of fused-ring (bicyclic) bond motifs is 1. The van der Waals surface area contributed by atoms with Crippen LogP contribution in [0.15, 0.2) is 43.0 Å². The Hall–Kier alpha value is -3.79. The molecule has 0 radical (unpaired) electrons. The molecule has 0 saturated heterocycles. The van der Waals surface area contributed by atoms with Crippen LogP contribution in [0.25, 0.3) is 16.9 Å². The molecule has 2 aromatic heterocycles. The third-order valence-corrected chi connectivity index (χ3v) is 4.64. The highest BCUT2D eigenvalue weighted by Crippen LogP contribution is 2.27. The Morgan fingerprint density at radius 1 is 1.12 bits per heavy atom. The molecule has 2 aromatic carbocycles. The predicted octanol–water partition coefficient (Wildman–Crippen LogP) is 4.53. The summed E-state index contributed by atoms with van der Waals surface area (Å²) >= 11 is 0. The SMILES string of the molecule is CCCONc1cc(F)c(F)c(C(=O)c2ccc3ncc(-n4cnc(C)c4)nc3c2)c1F. The summed E-state index contributed by atoms with van der Waals surface area (Å²) in [5, 5.41) is 0. The van der Waals surface area contributed by atoms with Crippen molar-refractivity contribution in [2.24, 2.45) is 0 Å². The molecule has 0 fully saturated rings. The van der Waals surface area contributed by atoms with Gasteiger partial charge >= 0.3 is 0 Å². The van der Waals surface area contributed by atoms with Gasteiger partial charge in [0.25, 0.3) is 0 Å². The highest BCUT2D eigenvalue weighted by atomic mass is 19.2. The molecule has 0 spiro atoms. The lowest BCUT2D eigenvalue weighted by atomic mass is 10.0. The predicted molar refractivity (Wildman–Crippen MR) is 111 cm³/mol. The van der Waals surface area contributed by atoms with Crippen molar-refractivity contribution in [1.29, 1.82) is 0 Å². The number of nitrogens with one attached hydrogen (secondary N) is 1. The van der Waals surface area contributed by atoms with Crippen molar-refractivity contribution in [3.05, 3.63) is 77.3 Å². The van der Waals surface area contributed by atoms with E-state index in [1.165, 1.54) is 24.4 Å². The highest BCUT2D eigenvalue weighted by molar-refractivity contribution is 6.11. The topological polar surface area (TPSA) is 81.9 Å². The van der Waals surface area contributed by atoms with Gasteiger partial charge in [0.2, 0.25) is 0 Å². The van der Waals surface area contributed by atoms with E-state index in [1.54, 1.807) is 17.1 Å². The second-order valence-electron chi connectivity index (χ2n) is 7.04. The van der Waals surface area contributed by atoms with Crippen molar-refractivity contribution in [2.75, 3.05) is 12.1 Å². The molecule has 4 rings (SSSR count). The van der Waals surface area contributed by atoms with Crippen LogP contribution in [0.4, 0.5) is 18.9 Å². The first-order chi connectivity index (χ1) is 15.4. The van der Waals surface area contributed by atoms with Crippen LogP contribution in [-0.2, 0) is 4.84 Å². The molecular weight excluding hydrogens is 423 g/mol. The van der Waals surface area contributed by atoms with Gasteiger partial charge in [0, 0.05) is 17.8 Å². The molecule has 0 saturated carbocycles. The van der Waals surface area contributed by atoms with Gasteiger partial charge in [0.1, 0.15) is 12.0 Å². The molecule has 0 unspecified atom stereocenters. The van der Waals surface area contributed by atoms with E-state index in [-0.39, 0.29) is 12.2 Å². The second kappa shape index (κ2) is 8.75. The molecule has 0 aliphatic heterocycles. The molecule has 0 aliphatic rings. The summed E-state index contributed by atoms with van der Waals surface area (Å²) in [6.07, 6.45) is 5.46. The molecule has 32 heavy (non-hydrogen) atoms. The molecule has 10 heteroatoms. The van der Waals surface area contributed by atoms with Crippen molar-refractivity contribution in [1.82, 2.24) is 19.5 Å². The van der Waals surface area contributed by atoms with Gasteiger partial charge in [0.15, 0.2) is 29.1 Å². The fourth-order valence-corrected chi connectivity index (χ4v) is 3.07. The van der Waals surface area contributed by atoms with Crippen LogP contribution >= 0.6 is 0 Å². The van der Waals surface area contributed by atoms with Gasteiger partial charge in [0.05, 0.1) is 35.1 Å². The molecule has 1 N–H and O–H groups in total. The lowest BCUT2D eigenvalue weighted by Crippen LogP contribution is -2.13. The summed E-state index contributed by atoms with van der Waals surface area (Å²) in [4.78, 5) is 30.8. The first-order valence-corrected chi connectivity index (χ1v) is 9.76. The van der Waals surface area contributed by atoms with Crippen LogP contribution in [0.1, 0.15) is 35.0 Å². The minimum absolute atomic E-state index is 0.0745. The quantitative estimate of drug-likeness (QED) is 0.197. The standard InChI is InChI=1S/C22H18F3N5O2/c1-3-6-32-29-17-8-14(23)20(24)19(21(17)25)22(31)13-4-5-15-16(7-13)28-18(9-26-15)30-10-12(2)27-11-30/h4-5,7-11,29H,3,6H2,1-2H3. The van der Waals surface area contributed by atoms with Crippen molar-refractivity contribution < 1.29 is 22.8 Å². The summed E-state index contributed by atoms with van der Waals surface area (Å²) in [6.45, 7) is 3.85. The molecule has 0 aliphatic carbocycles. The number of halogens is 3. The largest absolute Gasteiger partial charge is 0.289 e. The Morgan fingerprint density at radius 2 is 1.94 bits per heavy atom.